The standard InChI is InChI=1S/C28H27N5O3/c1-19-11-12-24(29-17-19)30-26(34)21-13-15-32(16-14-21)28(36)25-22-9-5-6-10-23(22)27(35)33(31-25)18-20-7-3-2-4-8-20/h2-12,17,21H,13-16,18H2,1H3,(H,29,30,34). The molecule has 0 saturated carbocycles. The van der Waals surface area contributed by atoms with Crippen LogP contribution in [-0.4, -0.2) is 44.6 Å². The third-order valence-electron chi connectivity index (χ3n) is 6.56. The molecule has 1 aliphatic rings. The van der Waals surface area contributed by atoms with Gasteiger partial charge in [-0.1, -0.05) is 54.6 Å². The van der Waals surface area contributed by atoms with E-state index < -0.39 is 0 Å². The fourth-order valence-electron chi connectivity index (χ4n) is 4.52. The van der Waals surface area contributed by atoms with Crippen LogP contribution in [0.3, 0.4) is 0 Å². The lowest BCUT2D eigenvalue weighted by Gasteiger charge is -2.31. The highest BCUT2D eigenvalue weighted by molar-refractivity contribution is 6.05. The van der Waals surface area contributed by atoms with Gasteiger partial charge in [-0.25, -0.2) is 9.67 Å². The van der Waals surface area contributed by atoms with E-state index in [9.17, 15) is 14.4 Å². The molecule has 36 heavy (non-hydrogen) atoms. The molecule has 3 heterocycles. The van der Waals surface area contributed by atoms with E-state index in [0.717, 1.165) is 11.1 Å². The number of nitrogens with one attached hydrogen (secondary N) is 1. The van der Waals surface area contributed by atoms with Crippen LogP contribution in [0.4, 0.5) is 5.82 Å². The quantitative estimate of drug-likeness (QED) is 0.469. The number of rotatable bonds is 5. The smallest absolute Gasteiger partial charge is 0.274 e. The van der Waals surface area contributed by atoms with Crippen LogP contribution in [0, 0.1) is 12.8 Å². The molecule has 1 fully saturated rings. The molecular formula is C28H27N5O3. The molecule has 4 aromatic rings. The second-order valence-corrected chi connectivity index (χ2v) is 9.12. The van der Waals surface area contributed by atoms with Crippen molar-refractivity contribution in [1.29, 1.82) is 0 Å². The maximum Gasteiger partial charge on any atom is 0.274 e. The zero-order valence-electron chi connectivity index (χ0n) is 20.1. The number of anilines is 1. The zero-order chi connectivity index (χ0) is 25.1. The molecule has 1 aliphatic heterocycles. The Labute approximate surface area is 208 Å². The summed E-state index contributed by atoms with van der Waals surface area (Å²) in [5.41, 5.74) is 1.98. The first-order valence-corrected chi connectivity index (χ1v) is 12.1. The highest BCUT2D eigenvalue weighted by atomic mass is 16.2. The van der Waals surface area contributed by atoms with Gasteiger partial charge in [0, 0.05) is 30.6 Å². The Kier molecular flexibility index (Phi) is 6.58. The van der Waals surface area contributed by atoms with Crippen molar-refractivity contribution in [2.75, 3.05) is 18.4 Å². The lowest BCUT2D eigenvalue weighted by Crippen LogP contribution is -2.42. The van der Waals surface area contributed by atoms with Gasteiger partial charge in [0.25, 0.3) is 11.5 Å². The molecule has 2 aromatic heterocycles. The van der Waals surface area contributed by atoms with E-state index in [4.69, 9.17) is 0 Å². The Morgan fingerprint density at radius 1 is 0.944 bits per heavy atom. The van der Waals surface area contributed by atoms with Gasteiger partial charge < -0.3 is 10.2 Å². The molecule has 0 unspecified atom stereocenters. The summed E-state index contributed by atoms with van der Waals surface area (Å²) < 4.78 is 1.36. The van der Waals surface area contributed by atoms with Crippen LogP contribution in [0.25, 0.3) is 10.8 Å². The van der Waals surface area contributed by atoms with Gasteiger partial charge >= 0.3 is 0 Å². The molecule has 0 aliphatic carbocycles. The summed E-state index contributed by atoms with van der Waals surface area (Å²) in [5.74, 6) is 0.0137. The minimum atomic E-state index is -0.230. The first-order valence-electron chi connectivity index (χ1n) is 12.1. The lowest BCUT2D eigenvalue weighted by atomic mass is 9.95. The Balaban J connectivity index is 1.34. The van der Waals surface area contributed by atoms with Crippen molar-refractivity contribution < 1.29 is 9.59 Å². The van der Waals surface area contributed by atoms with Gasteiger partial charge in [0.15, 0.2) is 5.69 Å². The van der Waals surface area contributed by atoms with Gasteiger partial charge in [-0.2, -0.15) is 5.10 Å². The molecular weight excluding hydrogens is 454 g/mol. The van der Waals surface area contributed by atoms with Crippen molar-refractivity contribution >= 4 is 28.4 Å². The molecule has 5 rings (SSSR count). The van der Waals surface area contributed by atoms with Gasteiger partial charge in [-0.05, 0) is 43.0 Å². The van der Waals surface area contributed by atoms with Crippen LogP contribution >= 0.6 is 0 Å². The third kappa shape index (κ3) is 4.88. The summed E-state index contributed by atoms with van der Waals surface area (Å²) in [7, 11) is 0. The summed E-state index contributed by atoms with van der Waals surface area (Å²) in [6.45, 7) is 3.09. The number of carbonyl (C=O) groups is 2. The number of hydrogen-bond donors (Lipinski definition) is 1. The summed E-state index contributed by atoms with van der Waals surface area (Å²) in [5, 5.41) is 8.39. The van der Waals surface area contributed by atoms with Crippen LogP contribution in [-0.2, 0) is 11.3 Å². The molecule has 1 saturated heterocycles. The molecule has 8 heteroatoms. The minimum absolute atomic E-state index is 0.0848. The van der Waals surface area contributed by atoms with Crippen LogP contribution in [0.5, 0.6) is 0 Å². The second kappa shape index (κ2) is 10.1. The Bertz CT molecular complexity index is 1460. The Morgan fingerprint density at radius 2 is 1.64 bits per heavy atom. The highest BCUT2D eigenvalue weighted by Gasteiger charge is 2.30. The van der Waals surface area contributed by atoms with E-state index in [1.165, 1.54) is 4.68 Å². The average Bonchev–Trinajstić information content (AvgIpc) is 2.92. The van der Waals surface area contributed by atoms with E-state index >= 15 is 0 Å². The van der Waals surface area contributed by atoms with Crippen molar-refractivity contribution in [2.45, 2.75) is 26.3 Å². The SMILES string of the molecule is Cc1ccc(NC(=O)C2CCN(C(=O)c3nn(Cc4ccccc4)c(=O)c4ccccc34)CC2)nc1. The zero-order valence-corrected chi connectivity index (χ0v) is 20.1. The molecule has 0 bridgehead atoms. The fraction of sp³-hybridized carbons (Fsp3) is 0.250. The number of amides is 2. The Hall–Kier alpha value is -4.33. The van der Waals surface area contributed by atoms with Crippen LogP contribution in [0.1, 0.15) is 34.5 Å². The molecule has 0 spiro atoms. The number of piperidine rings is 1. The number of aryl methyl sites for hydroxylation is 1. The third-order valence-corrected chi connectivity index (χ3v) is 6.56. The molecule has 2 aromatic carbocycles. The topological polar surface area (TPSA) is 97.2 Å². The number of pyridine rings is 1. The minimum Gasteiger partial charge on any atom is -0.337 e. The number of benzene rings is 2. The summed E-state index contributed by atoms with van der Waals surface area (Å²) in [6, 6.07) is 20.3. The molecule has 0 atom stereocenters. The molecule has 0 radical (unpaired) electrons. The van der Waals surface area contributed by atoms with Gasteiger partial charge in [0.05, 0.1) is 11.9 Å². The number of aromatic nitrogens is 3. The maximum absolute atomic E-state index is 13.6. The monoisotopic (exact) mass is 481 g/mol. The summed E-state index contributed by atoms with van der Waals surface area (Å²) in [6.07, 6.45) is 2.81. The van der Waals surface area contributed by atoms with Crippen LogP contribution < -0.4 is 10.9 Å². The van der Waals surface area contributed by atoms with Crippen molar-refractivity contribution in [1.82, 2.24) is 19.7 Å². The fourth-order valence-corrected chi connectivity index (χ4v) is 4.52. The molecule has 182 valence electrons. The van der Waals surface area contributed by atoms with Crippen molar-refractivity contribution in [3.8, 4) is 0 Å². The molecule has 1 N–H and O–H groups in total. The largest absolute Gasteiger partial charge is 0.337 e. The number of likely N-dealkylation sites (tertiary alicyclic amines) is 1. The van der Waals surface area contributed by atoms with Gasteiger partial charge in [-0.15, -0.1) is 0 Å². The number of nitrogens with zero attached hydrogens (tertiary/aromatic N) is 4. The predicted molar refractivity (Wildman–Crippen MR) is 138 cm³/mol. The van der Waals surface area contributed by atoms with Crippen LogP contribution in [0.15, 0.2) is 77.7 Å². The van der Waals surface area contributed by atoms with Gasteiger partial charge in [0.2, 0.25) is 5.91 Å². The van der Waals surface area contributed by atoms with Crippen molar-refractivity contribution in [3.05, 3.63) is 100 Å². The number of carbonyl (C=O) groups excluding carboxylic acids is 2. The normalized spacial score (nSPS) is 14.1. The van der Waals surface area contributed by atoms with E-state index in [1.807, 2.05) is 43.3 Å². The molecule has 2 amide bonds. The second-order valence-electron chi connectivity index (χ2n) is 9.12. The first kappa shape index (κ1) is 23.4. The number of fused-ring (bicyclic) bond motifs is 1. The predicted octanol–water partition coefficient (Wildman–Crippen LogP) is 3.64. The summed E-state index contributed by atoms with van der Waals surface area (Å²) >= 11 is 0. The first-order chi connectivity index (χ1) is 17.5. The Morgan fingerprint density at radius 3 is 2.33 bits per heavy atom. The van der Waals surface area contributed by atoms with E-state index in [-0.39, 0.29) is 35.5 Å². The van der Waals surface area contributed by atoms with E-state index in [1.54, 1.807) is 41.4 Å². The van der Waals surface area contributed by atoms with Crippen molar-refractivity contribution in [2.24, 2.45) is 5.92 Å². The summed E-state index contributed by atoms with van der Waals surface area (Å²) in [4.78, 5) is 45.3. The van der Waals surface area contributed by atoms with Gasteiger partial charge in [-0.3, -0.25) is 14.4 Å². The maximum atomic E-state index is 13.6. The van der Waals surface area contributed by atoms with E-state index in [0.29, 0.717) is 42.5 Å². The van der Waals surface area contributed by atoms with Crippen molar-refractivity contribution in [3.63, 3.8) is 0 Å². The van der Waals surface area contributed by atoms with Crippen LogP contribution in [0.2, 0.25) is 0 Å². The molecule has 8 nitrogen and oxygen atoms in total. The van der Waals surface area contributed by atoms with E-state index in [2.05, 4.69) is 15.4 Å². The van der Waals surface area contributed by atoms with Gasteiger partial charge in [0.1, 0.15) is 5.82 Å². The lowest BCUT2D eigenvalue weighted by molar-refractivity contribution is -0.121. The average molecular weight is 482 g/mol. The number of hydrogen-bond acceptors (Lipinski definition) is 5. The highest BCUT2D eigenvalue weighted by Crippen LogP contribution is 2.22.